The van der Waals surface area contributed by atoms with Gasteiger partial charge in [0.2, 0.25) is 0 Å². The first kappa shape index (κ1) is 16.5. The quantitative estimate of drug-likeness (QED) is 0.323. The predicted octanol–water partition coefficient (Wildman–Crippen LogP) is 5.33. The average Bonchev–Trinajstić information content (AvgIpc) is 3.07. The molecule has 0 bridgehead atoms. The molecule has 0 amide bonds. The number of hydrogen-bond acceptors (Lipinski definition) is 2. The van der Waals surface area contributed by atoms with Crippen molar-refractivity contribution >= 4 is 11.3 Å². The first-order valence-corrected chi connectivity index (χ1v) is 9.43. The summed E-state index contributed by atoms with van der Waals surface area (Å²) in [6.07, 6.45) is 0. The summed E-state index contributed by atoms with van der Waals surface area (Å²) in [5.41, 5.74) is 11.1. The second-order valence-corrected chi connectivity index (χ2v) is 6.93. The molecule has 2 nitrogen and oxygen atoms in total. The molecule has 0 saturated carbocycles. The summed E-state index contributed by atoms with van der Waals surface area (Å²) in [6.45, 7) is 0. The minimum atomic E-state index is 0.956. The van der Waals surface area contributed by atoms with Crippen LogP contribution in [-0.2, 0) is 0 Å². The second kappa shape index (κ2) is 6.84. The van der Waals surface area contributed by atoms with Gasteiger partial charge in [-0.25, -0.2) is 0 Å². The molecular formula is C26H20N2. The molecule has 0 heterocycles. The minimum absolute atomic E-state index is 0.956. The van der Waals surface area contributed by atoms with Crippen LogP contribution in [0.4, 0.5) is 0 Å². The van der Waals surface area contributed by atoms with Gasteiger partial charge in [-0.15, -0.1) is 0 Å². The van der Waals surface area contributed by atoms with E-state index in [-0.39, 0.29) is 0 Å². The Balaban J connectivity index is 0.000000239. The summed E-state index contributed by atoms with van der Waals surface area (Å²) in [5, 5.41) is 2.85. The molecule has 3 N–H and O–H groups in total. The average molecular weight is 360 g/mol. The Morgan fingerprint density at radius 1 is 0.500 bits per heavy atom. The molecule has 3 aromatic carbocycles. The number of fused-ring (bicyclic) bond motifs is 3. The monoisotopic (exact) mass is 360 g/mol. The number of hydrazine groups is 1. The fourth-order valence-corrected chi connectivity index (χ4v) is 3.85. The van der Waals surface area contributed by atoms with Gasteiger partial charge in [-0.1, -0.05) is 103 Å². The lowest BCUT2D eigenvalue weighted by Crippen LogP contribution is -2.21. The first-order valence-electron chi connectivity index (χ1n) is 9.43. The van der Waals surface area contributed by atoms with Gasteiger partial charge in [0.25, 0.3) is 0 Å². The van der Waals surface area contributed by atoms with Crippen molar-refractivity contribution in [2.45, 2.75) is 0 Å². The maximum atomic E-state index is 5.89. The maximum Gasteiger partial charge on any atom is 0.0642 e. The molecule has 0 aromatic heterocycles. The van der Waals surface area contributed by atoms with E-state index in [0.717, 1.165) is 11.3 Å². The third-order valence-electron chi connectivity index (χ3n) is 5.36. The van der Waals surface area contributed by atoms with Crippen LogP contribution >= 0.6 is 0 Å². The van der Waals surface area contributed by atoms with Gasteiger partial charge in [0.05, 0.1) is 5.70 Å². The van der Waals surface area contributed by atoms with E-state index < -0.39 is 0 Å². The minimum Gasteiger partial charge on any atom is -0.323 e. The second-order valence-electron chi connectivity index (χ2n) is 6.93. The van der Waals surface area contributed by atoms with E-state index in [1.165, 1.54) is 38.3 Å². The molecule has 0 unspecified atom stereocenters. The van der Waals surface area contributed by atoms with E-state index in [2.05, 4.69) is 90.4 Å². The van der Waals surface area contributed by atoms with Crippen LogP contribution in [0.3, 0.4) is 0 Å². The number of benzene rings is 4. The Morgan fingerprint density at radius 2 is 0.929 bits per heavy atom. The van der Waals surface area contributed by atoms with Crippen molar-refractivity contribution in [3.8, 4) is 11.1 Å². The summed E-state index contributed by atoms with van der Waals surface area (Å²) in [5.74, 6) is 5.89. The van der Waals surface area contributed by atoms with Gasteiger partial charge in [-0.3, -0.25) is 5.84 Å². The van der Waals surface area contributed by atoms with Crippen LogP contribution in [-0.4, -0.2) is 0 Å². The van der Waals surface area contributed by atoms with Crippen LogP contribution in [0.1, 0.15) is 16.7 Å². The SMILES string of the molecule is NNC(=C1c2ccccc2-c2ccccc21)c1ccccc1.c1cc2ccc1=2. The lowest BCUT2D eigenvalue weighted by molar-refractivity contribution is 0.994. The fraction of sp³-hybridized carbons (Fsp3) is 0. The van der Waals surface area contributed by atoms with E-state index in [1.807, 2.05) is 18.2 Å². The highest BCUT2D eigenvalue weighted by Crippen LogP contribution is 2.46. The van der Waals surface area contributed by atoms with Gasteiger partial charge in [0.1, 0.15) is 0 Å². The van der Waals surface area contributed by atoms with E-state index in [4.69, 9.17) is 5.84 Å². The fourth-order valence-electron chi connectivity index (χ4n) is 3.85. The standard InChI is InChI=1S/C20H16N2.C6H4/c21-22-20(14-8-2-1-3-9-14)19-17-12-6-4-10-15(17)16-11-5-7-13-18(16)19;1-2-6-4-3-5(1)6/h1-13,22H,21H2;1-4H. The van der Waals surface area contributed by atoms with E-state index in [1.54, 1.807) is 0 Å². The van der Waals surface area contributed by atoms with Gasteiger partial charge >= 0.3 is 0 Å². The van der Waals surface area contributed by atoms with Gasteiger partial charge in [-0.2, -0.15) is 0 Å². The first-order chi connectivity index (χ1) is 13.9. The molecule has 0 aliphatic heterocycles. The summed E-state index contributed by atoms with van der Waals surface area (Å²) in [7, 11) is 0. The molecule has 0 atom stereocenters. The predicted molar refractivity (Wildman–Crippen MR) is 116 cm³/mol. The summed E-state index contributed by atoms with van der Waals surface area (Å²) in [6, 6.07) is 35.7. The van der Waals surface area contributed by atoms with Crippen LogP contribution < -0.4 is 11.3 Å². The van der Waals surface area contributed by atoms with Crippen LogP contribution in [0.5, 0.6) is 0 Å². The number of nitrogens with one attached hydrogen (secondary N) is 1. The van der Waals surface area contributed by atoms with E-state index >= 15 is 0 Å². The van der Waals surface area contributed by atoms with Crippen molar-refractivity contribution in [3.05, 3.63) is 130 Å². The van der Waals surface area contributed by atoms with Crippen LogP contribution in [0, 0.1) is 10.4 Å². The molecular weight excluding hydrogens is 340 g/mol. The van der Waals surface area contributed by atoms with Gasteiger partial charge < -0.3 is 5.43 Å². The Hall–Kier alpha value is -3.62. The highest BCUT2D eigenvalue weighted by Gasteiger charge is 2.25. The van der Waals surface area contributed by atoms with Crippen molar-refractivity contribution in [3.63, 3.8) is 0 Å². The molecule has 3 aromatic rings. The molecule has 0 spiro atoms. The van der Waals surface area contributed by atoms with Crippen molar-refractivity contribution in [1.29, 1.82) is 0 Å². The van der Waals surface area contributed by atoms with Crippen LogP contribution in [0.15, 0.2) is 103 Å². The molecule has 0 fully saturated rings. The lowest BCUT2D eigenvalue weighted by Gasteiger charge is -2.13. The van der Waals surface area contributed by atoms with Gasteiger partial charge in [-0.05, 0) is 38.3 Å². The zero-order chi connectivity index (χ0) is 18.9. The Bertz CT molecular complexity index is 1190. The third kappa shape index (κ3) is 2.63. The highest BCUT2D eigenvalue weighted by atomic mass is 15.2. The summed E-state index contributed by atoms with van der Waals surface area (Å²) < 4.78 is 0. The number of rotatable bonds is 2. The van der Waals surface area contributed by atoms with Gasteiger partial charge in [0, 0.05) is 5.57 Å². The van der Waals surface area contributed by atoms with Crippen molar-refractivity contribution in [2.24, 2.45) is 5.84 Å². The van der Waals surface area contributed by atoms with Crippen LogP contribution in [0.2, 0.25) is 0 Å². The summed E-state index contributed by atoms with van der Waals surface area (Å²) >= 11 is 0. The normalized spacial score (nSPS) is 11.7. The van der Waals surface area contributed by atoms with E-state index in [9.17, 15) is 0 Å². The molecule has 2 heteroatoms. The molecule has 6 rings (SSSR count). The topological polar surface area (TPSA) is 38.0 Å². The van der Waals surface area contributed by atoms with Crippen LogP contribution in [0.25, 0.3) is 22.4 Å². The van der Waals surface area contributed by atoms with Gasteiger partial charge in [0.15, 0.2) is 0 Å². The third-order valence-corrected chi connectivity index (χ3v) is 5.36. The molecule has 3 aliphatic rings. The highest BCUT2D eigenvalue weighted by molar-refractivity contribution is 6.09. The Kier molecular flexibility index (Phi) is 4.04. The zero-order valence-electron chi connectivity index (χ0n) is 15.4. The Labute approximate surface area is 164 Å². The largest absolute Gasteiger partial charge is 0.323 e. The number of hydrogen-bond donors (Lipinski definition) is 2. The Morgan fingerprint density at radius 3 is 1.32 bits per heavy atom. The molecule has 134 valence electrons. The van der Waals surface area contributed by atoms with Crippen molar-refractivity contribution in [1.82, 2.24) is 5.43 Å². The molecule has 0 saturated heterocycles. The molecule has 0 radical (unpaired) electrons. The lowest BCUT2D eigenvalue weighted by atomic mass is 9.98. The zero-order valence-corrected chi connectivity index (χ0v) is 15.4. The van der Waals surface area contributed by atoms with Crippen molar-refractivity contribution in [2.75, 3.05) is 0 Å². The summed E-state index contributed by atoms with van der Waals surface area (Å²) in [4.78, 5) is 0. The molecule has 3 aliphatic carbocycles. The molecule has 28 heavy (non-hydrogen) atoms. The maximum absolute atomic E-state index is 5.89. The number of nitrogens with two attached hydrogens (primary N) is 1. The van der Waals surface area contributed by atoms with E-state index in [0.29, 0.717) is 0 Å². The smallest absolute Gasteiger partial charge is 0.0642 e. The van der Waals surface area contributed by atoms with Crippen molar-refractivity contribution < 1.29 is 0 Å².